The van der Waals surface area contributed by atoms with Gasteiger partial charge >= 0.3 is 10.2 Å². The number of nitrogens with one attached hydrogen (secondary N) is 3. The standard InChI is InChI=1S/C27H30N4O7S2/c32-25-18-21(14-15-24(25)31-19-26(33)30-40(31,37)38)17-23(29-39(35,36)22-12-5-2-6-13-22)27(34)28-16-8-7-11-20-9-3-1-4-10-20/h1-6,9-10,12-15,18-19,23,29-30,32-33H,7-8,11,16-17H2,(H,28,34)/t23-/m0/s1. The highest BCUT2D eigenvalue weighted by atomic mass is 32.2. The van der Waals surface area contributed by atoms with Crippen LogP contribution in [0, 0.1) is 0 Å². The maximum absolute atomic E-state index is 13.1. The number of hydrogen-bond donors (Lipinski definition) is 5. The summed E-state index contributed by atoms with van der Waals surface area (Å²) in [5.41, 5.74) is 1.43. The number of benzene rings is 3. The third-order valence-electron chi connectivity index (χ3n) is 6.15. The average molecular weight is 587 g/mol. The van der Waals surface area contributed by atoms with E-state index in [4.69, 9.17) is 0 Å². The predicted molar refractivity (Wildman–Crippen MR) is 150 cm³/mol. The number of phenols is 1. The van der Waals surface area contributed by atoms with Crippen LogP contribution in [0.1, 0.15) is 24.0 Å². The number of carbonyl (C=O) groups is 1. The maximum Gasteiger partial charge on any atom is 0.330 e. The molecule has 1 aliphatic rings. The van der Waals surface area contributed by atoms with Crippen LogP contribution in [-0.2, 0) is 37.9 Å². The molecule has 1 atom stereocenters. The molecule has 4 rings (SSSR count). The Bertz CT molecular complexity index is 1580. The van der Waals surface area contributed by atoms with E-state index in [9.17, 15) is 31.8 Å². The summed E-state index contributed by atoms with van der Waals surface area (Å²) in [5.74, 6) is -1.60. The third-order valence-corrected chi connectivity index (χ3v) is 8.93. The number of phenolic OH excluding ortho intramolecular Hbond substituents is 1. The number of sulfonamides is 1. The van der Waals surface area contributed by atoms with Gasteiger partial charge in [0.2, 0.25) is 21.8 Å². The zero-order valence-corrected chi connectivity index (χ0v) is 23.0. The molecule has 0 saturated carbocycles. The molecule has 0 unspecified atom stereocenters. The zero-order chi connectivity index (χ0) is 28.8. The monoisotopic (exact) mass is 586 g/mol. The second-order valence-electron chi connectivity index (χ2n) is 9.17. The van der Waals surface area contributed by atoms with E-state index in [-0.39, 0.29) is 17.0 Å². The molecule has 0 aliphatic carbocycles. The highest BCUT2D eigenvalue weighted by Crippen LogP contribution is 2.32. The molecule has 0 aromatic heterocycles. The van der Waals surface area contributed by atoms with E-state index in [2.05, 4.69) is 10.0 Å². The van der Waals surface area contributed by atoms with Crippen LogP contribution in [0.3, 0.4) is 0 Å². The number of rotatable bonds is 12. The first-order chi connectivity index (χ1) is 19.0. The van der Waals surface area contributed by atoms with Gasteiger partial charge in [0.05, 0.1) is 11.1 Å². The molecule has 11 nitrogen and oxygen atoms in total. The molecule has 212 valence electrons. The second-order valence-corrected chi connectivity index (χ2v) is 12.4. The molecule has 0 radical (unpaired) electrons. The van der Waals surface area contributed by atoms with Gasteiger partial charge in [-0.3, -0.25) is 4.79 Å². The lowest BCUT2D eigenvalue weighted by Crippen LogP contribution is -2.48. The van der Waals surface area contributed by atoms with Crippen LogP contribution >= 0.6 is 0 Å². The summed E-state index contributed by atoms with van der Waals surface area (Å²) in [4.78, 5) is 13.1. The SMILES string of the molecule is O=C(NCCCCc1ccccc1)[C@H](Cc1ccc(N2C=C(O)NS2(=O)=O)c(O)c1)NS(=O)(=O)c1ccccc1. The molecule has 0 saturated heterocycles. The van der Waals surface area contributed by atoms with Crippen molar-refractivity contribution in [2.75, 3.05) is 10.8 Å². The van der Waals surface area contributed by atoms with Crippen LogP contribution in [0.4, 0.5) is 5.69 Å². The van der Waals surface area contributed by atoms with Crippen LogP contribution in [-0.4, -0.2) is 45.5 Å². The maximum atomic E-state index is 13.1. The van der Waals surface area contributed by atoms with Gasteiger partial charge in [-0.25, -0.2) is 17.4 Å². The van der Waals surface area contributed by atoms with Gasteiger partial charge in [-0.1, -0.05) is 54.6 Å². The Morgan fingerprint density at radius 2 is 1.60 bits per heavy atom. The summed E-state index contributed by atoms with van der Waals surface area (Å²) >= 11 is 0. The van der Waals surface area contributed by atoms with Crippen molar-refractivity contribution >= 4 is 31.8 Å². The van der Waals surface area contributed by atoms with Crippen molar-refractivity contribution in [2.24, 2.45) is 0 Å². The molecule has 3 aromatic rings. The number of nitrogens with zero attached hydrogens (tertiary/aromatic N) is 1. The minimum atomic E-state index is -4.12. The van der Waals surface area contributed by atoms with E-state index in [0.29, 0.717) is 22.8 Å². The smallest absolute Gasteiger partial charge is 0.330 e. The molecule has 3 aromatic carbocycles. The summed E-state index contributed by atoms with van der Waals surface area (Å²) in [7, 11) is -8.18. The molecule has 1 aliphatic heterocycles. The first-order valence-corrected chi connectivity index (χ1v) is 15.4. The number of unbranched alkanes of at least 4 members (excludes halogenated alkanes) is 1. The Hall–Kier alpha value is -4.07. The molecule has 0 fully saturated rings. The minimum absolute atomic E-state index is 0.00723. The molecule has 1 heterocycles. The van der Waals surface area contributed by atoms with Crippen LogP contribution < -0.4 is 19.1 Å². The zero-order valence-electron chi connectivity index (χ0n) is 21.4. The van der Waals surface area contributed by atoms with Gasteiger partial charge in [0, 0.05) is 6.54 Å². The van der Waals surface area contributed by atoms with E-state index in [1.54, 1.807) is 18.2 Å². The lowest BCUT2D eigenvalue weighted by Gasteiger charge is -2.20. The molecule has 13 heteroatoms. The van der Waals surface area contributed by atoms with Gasteiger partial charge in [-0.2, -0.15) is 13.1 Å². The van der Waals surface area contributed by atoms with Gasteiger partial charge in [-0.15, -0.1) is 0 Å². The Labute approximate surface area is 233 Å². The van der Waals surface area contributed by atoms with Crippen LogP contribution in [0.25, 0.3) is 0 Å². The summed E-state index contributed by atoms with van der Waals surface area (Å²) in [6, 6.07) is 20.4. The predicted octanol–water partition coefficient (Wildman–Crippen LogP) is 2.43. The summed E-state index contributed by atoms with van der Waals surface area (Å²) in [5, 5.41) is 22.9. The summed E-state index contributed by atoms with van der Waals surface area (Å²) in [6.07, 6.45) is 3.14. The minimum Gasteiger partial charge on any atom is -0.506 e. The first kappa shape index (κ1) is 28.9. The van der Waals surface area contributed by atoms with Crippen molar-refractivity contribution in [3.8, 4) is 5.75 Å². The Morgan fingerprint density at radius 1 is 0.925 bits per heavy atom. The fourth-order valence-corrected chi connectivity index (χ4v) is 6.47. The Balaban J connectivity index is 1.47. The number of carbonyl (C=O) groups excluding carboxylic acids is 1. The fourth-order valence-electron chi connectivity index (χ4n) is 4.18. The number of amides is 1. The largest absolute Gasteiger partial charge is 0.506 e. The van der Waals surface area contributed by atoms with Gasteiger partial charge in [0.25, 0.3) is 0 Å². The lowest BCUT2D eigenvalue weighted by molar-refractivity contribution is -0.122. The lowest BCUT2D eigenvalue weighted by atomic mass is 10.0. The normalized spacial score (nSPS) is 15.2. The molecule has 5 N–H and O–H groups in total. The number of aliphatic hydroxyl groups is 1. The molecular formula is C27H30N4O7S2. The van der Waals surface area contributed by atoms with Gasteiger partial charge in [0.1, 0.15) is 17.5 Å². The van der Waals surface area contributed by atoms with Crippen molar-refractivity contribution in [3.63, 3.8) is 0 Å². The number of aromatic hydroxyl groups is 1. The average Bonchev–Trinajstić information content (AvgIpc) is 3.20. The molecule has 40 heavy (non-hydrogen) atoms. The van der Waals surface area contributed by atoms with Gasteiger partial charge < -0.3 is 15.5 Å². The highest BCUT2D eigenvalue weighted by molar-refractivity contribution is 7.91. The van der Waals surface area contributed by atoms with Crippen molar-refractivity contribution < 1.29 is 31.8 Å². The van der Waals surface area contributed by atoms with Crippen LogP contribution in [0.15, 0.2) is 95.8 Å². The molecule has 0 bridgehead atoms. The number of aliphatic hydroxyl groups excluding tert-OH is 1. The first-order valence-electron chi connectivity index (χ1n) is 12.5. The molecule has 1 amide bonds. The summed E-state index contributed by atoms with van der Waals surface area (Å²) < 4.78 is 55.4. The van der Waals surface area contributed by atoms with E-state index in [0.717, 1.165) is 19.0 Å². The van der Waals surface area contributed by atoms with Crippen molar-refractivity contribution in [1.82, 2.24) is 14.8 Å². The van der Waals surface area contributed by atoms with E-state index >= 15 is 0 Å². The van der Waals surface area contributed by atoms with E-state index < -0.39 is 43.8 Å². The number of aryl methyl sites for hydroxylation is 1. The van der Waals surface area contributed by atoms with Crippen LogP contribution in [0.2, 0.25) is 0 Å². The van der Waals surface area contributed by atoms with Crippen molar-refractivity contribution in [2.45, 2.75) is 36.6 Å². The van der Waals surface area contributed by atoms with Crippen molar-refractivity contribution in [3.05, 3.63) is 102 Å². The second kappa shape index (κ2) is 12.4. The Kier molecular flexibility index (Phi) is 8.97. The molecular weight excluding hydrogens is 556 g/mol. The van der Waals surface area contributed by atoms with E-state index in [1.807, 2.05) is 35.1 Å². The summed E-state index contributed by atoms with van der Waals surface area (Å²) in [6.45, 7) is 0.342. The number of anilines is 1. The van der Waals surface area contributed by atoms with E-state index in [1.165, 1.54) is 35.9 Å². The van der Waals surface area contributed by atoms with Crippen LogP contribution in [0.5, 0.6) is 5.75 Å². The topological polar surface area (TPSA) is 165 Å². The quantitative estimate of drug-likeness (QED) is 0.203. The highest BCUT2D eigenvalue weighted by Gasteiger charge is 2.31. The number of hydrogen-bond acceptors (Lipinski definition) is 7. The Morgan fingerprint density at radius 3 is 2.23 bits per heavy atom. The van der Waals surface area contributed by atoms with Gasteiger partial charge in [-0.05, 0) is 61.1 Å². The molecule has 0 spiro atoms. The fraction of sp³-hybridized carbons (Fsp3) is 0.222. The van der Waals surface area contributed by atoms with Crippen molar-refractivity contribution in [1.29, 1.82) is 0 Å². The third kappa shape index (κ3) is 7.31. The van der Waals surface area contributed by atoms with Gasteiger partial charge in [0.15, 0.2) is 0 Å².